The van der Waals surface area contributed by atoms with Crippen LogP contribution in [0.25, 0.3) is 0 Å². The predicted molar refractivity (Wildman–Crippen MR) is 363 cm³/mol. The van der Waals surface area contributed by atoms with E-state index in [9.17, 15) is 71.5 Å². The molecule has 0 radical (unpaired) electrons. The summed E-state index contributed by atoms with van der Waals surface area (Å²) in [5.74, 6) is 2.57. The Bertz CT molecular complexity index is 1850. The van der Waals surface area contributed by atoms with Crippen LogP contribution in [0, 0.1) is 0 Å². The van der Waals surface area contributed by atoms with Crippen LogP contribution in [0.3, 0.4) is 0 Å². The van der Waals surface area contributed by atoms with Gasteiger partial charge in [-0.25, -0.2) is 0 Å². The normalized spacial score (nSPS) is 46.1. The summed E-state index contributed by atoms with van der Waals surface area (Å²) in [6.07, 6.45) is -59.8. The summed E-state index contributed by atoms with van der Waals surface area (Å²) in [5, 5.41) is 169. The molecular formula is C56H105N7O28S7. The first-order valence-corrected chi connectivity index (χ1v) is 40.9. The van der Waals surface area contributed by atoms with Crippen LogP contribution in [0.4, 0.5) is 0 Å². The fourth-order valence-electron chi connectivity index (χ4n) is 12.3. The van der Waals surface area contributed by atoms with Crippen LogP contribution < -0.4 is 40.1 Å². The van der Waals surface area contributed by atoms with Gasteiger partial charge in [0.15, 0.2) is 44.0 Å². The third-order valence-electron chi connectivity index (χ3n) is 17.3. The number of nitrogens with two attached hydrogens (primary N) is 7. The largest absolute Gasteiger partial charge is 0.387 e. The molecule has 0 aliphatic carbocycles. The zero-order valence-electron chi connectivity index (χ0n) is 53.9. The van der Waals surface area contributed by atoms with E-state index >= 15 is 0 Å². The molecule has 21 aliphatic rings. The van der Waals surface area contributed by atoms with Crippen molar-refractivity contribution in [3.8, 4) is 0 Å². The van der Waals surface area contributed by atoms with E-state index in [0.717, 1.165) is 0 Å². The molecule has 42 heteroatoms. The van der Waals surface area contributed by atoms with E-state index in [2.05, 4.69) is 0 Å². The number of aliphatic hydroxyl groups excluding tert-OH is 14. The van der Waals surface area contributed by atoms with Gasteiger partial charge in [0.05, 0.1) is 42.7 Å². The molecule has 21 aliphatic heterocycles. The van der Waals surface area contributed by atoms with Gasteiger partial charge < -0.3 is 178 Å². The highest BCUT2D eigenvalue weighted by atomic mass is 32.2. The molecule has 0 amide bonds. The summed E-state index contributed by atoms with van der Waals surface area (Å²) in [6, 6.07) is 0. The highest BCUT2D eigenvalue weighted by Gasteiger charge is 2.60. The SMILES string of the molecule is NCCSC[C@H]1O[C@@H]2O[C@H]3[C@H](O)[C@@H](O)[C@@H](O[C@H]4[C@H](O)[C@@H](O)[C@@H](O[C@H]5[C@H](O)[C@@H](O)[C@@H](O[C@H]6[C@H](O)[C@@H](O)[C@@H](O[C@H]7[C@H](O)[C@@H](O)[C@@H](O[C@H]8[C@H](O)[C@@H](O)[C@@H](O[C@H]1[C@H](O)[C@H]2O)O[C@@H]8CSCCN)O[C@@H]7CSCCN)O[C@@H]6CSCCN)O[C@@H]5CSCCN)O[C@@H]4CSCCN)O[C@@H]3CSCCN. The van der Waals surface area contributed by atoms with Gasteiger partial charge in [-0.15, -0.1) is 0 Å². The van der Waals surface area contributed by atoms with Crippen molar-refractivity contribution in [1.29, 1.82) is 0 Å². The van der Waals surface area contributed by atoms with E-state index in [4.69, 9.17) is 106 Å². The molecule has 35 atom stereocenters. The number of hydrogen-bond donors (Lipinski definition) is 21. The minimum atomic E-state index is -2.01. The maximum Gasteiger partial charge on any atom is 0.187 e. The second kappa shape index (κ2) is 42.1. The molecule has 0 spiro atoms. The summed E-state index contributed by atoms with van der Waals surface area (Å²) in [4.78, 5) is 0. The molecule has 0 unspecified atom stereocenters. The smallest absolute Gasteiger partial charge is 0.187 e. The number of ether oxygens (including phenoxy) is 14. The molecule has 35 nitrogen and oxygen atoms in total. The quantitative estimate of drug-likeness (QED) is 0.0324. The molecule has 14 bridgehead atoms. The lowest BCUT2D eigenvalue weighted by atomic mass is 9.95. The zero-order chi connectivity index (χ0) is 70.9. The van der Waals surface area contributed by atoms with E-state index in [1.165, 1.54) is 82.3 Å². The van der Waals surface area contributed by atoms with Crippen LogP contribution >= 0.6 is 82.3 Å². The Kier molecular flexibility index (Phi) is 36.4. The first-order chi connectivity index (χ1) is 47.2. The standard InChI is InChI=1S/C56H105N7O28S7/c57-1-8-92-15-22-43-29(64)36(71)50(78-22)86-44-23(16-93-9-2-58)80-52(38(73)31(44)66)88-46-25(18-95-11-4-60)82-54(40(75)33(46)68)90-48-27(20-97-13-6-62)84-56(42(77)35(48)70)91-49-28(21-98-14-7-63)83-55(41(76)34(49)69)89-47-26(19-96-12-5-61)81-53(39(74)32(47)67)87-45-24(17-94-10-3-59)79-51(85-43)37(72)30(45)65/h22-56,64-77H,1-21,57-63H2/t22-,23-,24-,25-,26-,27-,28-,29-,30-,31-,32-,33-,34-,35-,36-,37-,38-,39-,40-,41-,42-,43-,44-,45-,46-,47-,48-,49-,50-,51-,52-,53-,54-,55-,56-/m1/s1. The van der Waals surface area contributed by atoms with E-state index < -0.39 is 215 Å². The average molecular weight is 1550 g/mol. The molecule has 28 N–H and O–H groups in total. The lowest BCUT2D eigenvalue weighted by Crippen LogP contribution is -2.68. The summed E-state index contributed by atoms with van der Waals surface area (Å²) in [7, 11) is 0. The fraction of sp³-hybridized carbons (Fsp3) is 1.00. The molecule has 21 heterocycles. The zero-order valence-corrected chi connectivity index (χ0v) is 59.6. The second-order valence-corrected chi connectivity index (χ2v) is 32.5. The van der Waals surface area contributed by atoms with Gasteiger partial charge >= 0.3 is 0 Å². The average Bonchev–Trinajstić information content (AvgIpc) is 0.779. The Labute approximate surface area is 598 Å². The number of aliphatic hydroxyl groups is 14. The molecule has 0 aromatic heterocycles. The summed E-state index contributed by atoms with van der Waals surface area (Å²) >= 11 is 8.83. The van der Waals surface area contributed by atoms with Gasteiger partial charge in [0.25, 0.3) is 0 Å². The minimum Gasteiger partial charge on any atom is -0.387 e. The molecule has 21 fully saturated rings. The third-order valence-corrected chi connectivity index (χ3v) is 25.0. The molecule has 0 aromatic carbocycles. The van der Waals surface area contributed by atoms with Crippen LogP contribution in [-0.4, -0.2) is 413 Å². The van der Waals surface area contributed by atoms with Crippen molar-refractivity contribution in [2.24, 2.45) is 40.1 Å². The molecule has 98 heavy (non-hydrogen) atoms. The van der Waals surface area contributed by atoms with Gasteiger partial charge in [0.2, 0.25) is 0 Å². The fourth-order valence-corrected chi connectivity index (χ4v) is 18.1. The van der Waals surface area contributed by atoms with Gasteiger partial charge in [0.1, 0.15) is 128 Å². The van der Waals surface area contributed by atoms with Crippen molar-refractivity contribution in [3.05, 3.63) is 0 Å². The van der Waals surface area contributed by atoms with E-state index in [0.29, 0.717) is 40.3 Å². The summed E-state index contributed by atoms with van der Waals surface area (Å²) in [6.45, 7) is 1.46. The number of hydrogen-bond acceptors (Lipinski definition) is 42. The van der Waals surface area contributed by atoms with Crippen molar-refractivity contribution in [3.63, 3.8) is 0 Å². The van der Waals surface area contributed by atoms with Gasteiger partial charge in [-0.3, -0.25) is 0 Å². The Balaban J connectivity index is 1.17. The van der Waals surface area contributed by atoms with Crippen molar-refractivity contribution in [2.75, 3.05) is 126 Å². The van der Waals surface area contributed by atoms with Gasteiger partial charge in [-0.2, -0.15) is 82.3 Å². The number of rotatable bonds is 28. The molecule has 21 rings (SSSR count). The van der Waals surface area contributed by atoms with Crippen LogP contribution in [0.5, 0.6) is 0 Å². The summed E-state index contributed by atoms with van der Waals surface area (Å²) in [5.41, 5.74) is 41.2. The Morgan fingerprint density at radius 1 is 0.173 bits per heavy atom. The highest BCUT2D eigenvalue weighted by Crippen LogP contribution is 2.41. The first-order valence-electron chi connectivity index (χ1n) is 32.8. The van der Waals surface area contributed by atoms with Crippen LogP contribution in [0.15, 0.2) is 0 Å². The van der Waals surface area contributed by atoms with Crippen LogP contribution in [-0.2, 0) is 66.3 Å². The van der Waals surface area contributed by atoms with Gasteiger partial charge in [-0.1, -0.05) is 0 Å². The lowest BCUT2D eigenvalue weighted by molar-refractivity contribution is -0.389. The molecule has 0 aromatic rings. The maximum absolute atomic E-state index is 12.1. The predicted octanol–water partition coefficient (Wildman–Crippen LogP) is -10.3. The second-order valence-electron chi connectivity index (χ2n) is 24.4. The van der Waals surface area contributed by atoms with E-state index in [-0.39, 0.29) is 86.1 Å². The van der Waals surface area contributed by atoms with Gasteiger partial charge in [0, 0.05) is 126 Å². The van der Waals surface area contributed by atoms with E-state index in [1.807, 2.05) is 0 Å². The highest BCUT2D eigenvalue weighted by molar-refractivity contribution is 8.00. The summed E-state index contributed by atoms with van der Waals surface area (Å²) < 4.78 is 89.1. The van der Waals surface area contributed by atoms with Crippen molar-refractivity contribution in [1.82, 2.24) is 0 Å². The van der Waals surface area contributed by atoms with Crippen molar-refractivity contribution >= 4 is 82.3 Å². The molecule has 574 valence electrons. The Morgan fingerprint density at radius 3 is 0.388 bits per heavy atom. The topological polar surface area (TPSA) is 595 Å². The van der Waals surface area contributed by atoms with Crippen LogP contribution in [0.1, 0.15) is 0 Å². The van der Waals surface area contributed by atoms with Crippen molar-refractivity contribution < 1.29 is 138 Å². The Hall–Kier alpha value is 1.05. The van der Waals surface area contributed by atoms with Crippen LogP contribution in [0.2, 0.25) is 0 Å². The minimum absolute atomic E-state index is 0.00103. The molecular weight excluding hydrogens is 1440 g/mol. The molecule has 0 saturated carbocycles. The first kappa shape index (κ1) is 84.7. The third kappa shape index (κ3) is 21.5. The lowest BCUT2D eigenvalue weighted by Gasteiger charge is -2.50. The van der Waals surface area contributed by atoms with Gasteiger partial charge in [-0.05, 0) is 0 Å². The van der Waals surface area contributed by atoms with E-state index in [1.54, 1.807) is 0 Å². The number of thioether (sulfide) groups is 7. The monoisotopic (exact) mass is 1550 g/mol. The maximum atomic E-state index is 12.1. The molecule has 21 saturated heterocycles. The van der Waals surface area contributed by atoms with Crippen molar-refractivity contribution in [2.45, 2.75) is 215 Å². The Morgan fingerprint density at radius 2 is 0.286 bits per heavy atom.